The number of rotatable bonds is 5. The standard InChI is InChI=1S/C24H23ClF3N7O2/c1-12-3-4-15(32-23(36)31-14-5-6-17(25)16(7-14)24(26,27)28)8-18(12)33-22-30-11-29-21(34-22)20-19-10-35(20)9-13(2)37-19/h3-8,11,13,19-20H,9-10H2,1-2H3,(H2,31,32,36)(H,29,30,33,34). The highest BCUT2D eigenvalue weighted by molar-refractivity contribution is 6.31. The van der Waals surface area contributed by atoms with Crippen LogP contribution < -0.4 is 16.0 Å². The van der Waals surface area contributed by atoms with Crippen molar-refractivity contribution < 1.29 is 22.7 Å². The maximum atomic E-state index is 13.1. The molecule has 3 aromatic rings. The van der Waals surface area contributed by atoms with Crippen LogP contribution in [0.3, 0.4) is 0 Å². The van der Waals surface area contributed by atoms with Crippen molar-refractivity contribution in [1.82, 2.24) is 19.9 Å². The molecule has 0 spiro atoms. The average molecular weight is 534 g/mol. The molecule has 3 heterocycles. The number of alkyl halides is 3. The molecule has 2 aliphatic rings. The molecular formula is C24H23ClF3N7O2. The van der Waals surface area contributed by atoms with E-state index in [-0.39, 0.29) is 23.9 Å². The van der Waals surface area contributed by atoms with E-state index in [4.69, 9.17) is 16.3 Å². The Hall–Kier alpha value is -3.48. The lowest BCUT2D eigenvalue weighted by Gasteiger charge is -2.53. The van der Waals surface area contributed by atoms with E-state index in [1.807, 2.05) is 13.8 Å². The van der Waals surface area contributed by atoms with E-state index in [9.17, 15) is 18.0 Å². The number of amides is 2. The molecule has 5 rings (SSSR count). The summed E-state index contributed by atoms with van der Waals surface area (Å²) in [5.41, 5.74) is 0.828. The molecule has 0 saturated carbocycles. The molecule has 37 heavy (non-hydrogen) atoms. The number of nitrogens with zero attached hydrogens (tertiary/aromatic N) is 4. The van der Waals surface area contributed by atoms with Crippen molar-refractivity contribution in [2.24, 2.45) is 0 Å². The molecule has 9 nitrogen and oxygen atoms in total. The van der Waals surface area contributed by atoms with E-state index in [0.717, 1.165) is 30.8 Å². The third kappa shape index (κ3) is 5.45. The lowest BCUT2D eigenvalue weighted by molar-refractivity contribution is -0.198. The van der Waals surface area contributed by atoms with Gasteiger partial charge < -0.3 is 20.7 Å². The van der Waals surface area contributed by atoms with Gasteiger partial charge in [0.1, 0.15) is 6.33 Å². The van der Waals surface area contributed by atoms with Gasteiger partial charge in [-0.2, -0.15) is 18.2 Å². The van der Waals surface area contributed by atoms with E-state index in [1.165, 1.54) is 12.4 Å². The van der Waals surface area contributed by atoms with Crippen molar-refractivity contribution >= 4 is 40.6 Å². The zero-order valence-corrected chi connectivity index (χ0v) is 20.6. The lowest BCUT2D eigenvalue weighted by atomic mass is 9.94. The van der Waals surface area contributed by atoms with E-state index in [0.29, 0.717) is 23.1 Å². The van der Waals surface area contributed by atoms with Gasteiger partial charge in [0, 0.05) is 30.2 Å². The Bertz CT molecular complexity index is 1330. The smallest absolute Gasteiger partial charge is 0.370 e. The van der Waals surface area contributed by atoms with Gasteiger partial charge in [0.25, 0.3) is 0 Å². The normalized spacial score (nSPS) is 22.6. The number of anilines is 4. The number of morpholine rings is 2. The molecular weight excluding hydrogens is 511 g/mol. The molecule has 2 amide bonds. The van der Waals surface area contributed by atoms with Gasteiger partial charge in [-0.3, -0.25) is 4.90 Å². The number of urea groups is 1. The molecule has 3 N–H and O–H groups in total. The number of carbonyl (C=O) groups excluding carboxylic acids is 1. The third-order valence-corrected chi connectivity index (χ3v) is 6.51. The molecule has 194 valence electrons. The summed E-state index contributed by atoms with van der Waals surface area (Å²) >= 11 is 5.64. The SMILES string of the molecule is Cc1ccc(NC(=O)Nc2ccc(Cl)c(C(F)(F)F)c2)cc1Nc1ncnc(C2C3CN2CC(C)O3)n1. The predicted octanol–water partition coefficient (Wildman–Crippen LogP) is 5.38. The summed E-state index contributed by atoms with van der Waals surface area (Å²) in [6.45, 7) is 5.58. The highest BCUT2D eigenvalue weighted by Gasteiger charge is 2.48. The van der Waals surface area contributed by atoms with Crippen LogP contribution in [0.5, 0.6) is 0 Å². The summed E-state index contributed by atoms with van der Waals surface area (Å²) < 4.78 is 45.2. The number of aromatic nitrogens is 3. The Kier molecular flexibility index (Phi) is 6.65. The van der Waals surface area contributed by atoms with E-state index in [2.05, 4.69) is 35.8 Å². The van der Waals surface area contributed by atoms with E-state index < -0.39 is 22.8 Å². The molecule has 0 aliphatic carbocycles. The molecule has 4 atom stereocenters. The zero-order valence-electron chi connectivity index (χ0n) is 19.8. The van der Waals surface area contributed by atoms with Crippen molar-refractivity contribution in [1.29, 1.82) is 0 Å². The molecule has 0 radical (unpaired) electrons. The number of hydrogen-bond donors (Lipinski definition) is 3. The Labute approximate surface area is 215 Å². The fourth-order valence-electron chi connectivity index (χ4n) is 4.43. The van der Waals surface area contributed by atoms with Crippen LogP contribution >= 0.6 is 11.6 Å². The van der Waals surface area contributed by atoms with Crippen LogP contribution in [-0.2, 0) is 10.9 Å². The summed E-state index contributed by atoms with van der Waals surface area (Å²) in [4.78, 5) is 27.8. The van der Waals surface area contributed by atoms with Crippen LogP contribution in [0.25, 0.3) is 0 Å². The van der Waals surface area contributed by atoms with Crippen molar-refractivity contribution in [3.05, 3.63) is 64.7 Å². The summed E-state index contributed by atoms with van der Waals surface area (Å²) in [7, 11) is 0. The maximum Gasteiger partial charge on any atom is 0.417 e. The highest BCUT2D eigenvalue weighted by Crippen LogP contribution is 2.39. The molecule has 4 unspecified atom stereocenters. The number of nitrogens with one attached hydrogen (secondary N) is 3. The third-order valence-electron chi connectivity index (χ3n) is 6.19. The van der Waals surface area contributed by atoms with Crippen molar-refractivity contribution in [3.8, 4) is 0 Å². The molecule has 1 aromatic heterocycles. The first-order valence-corrected chi connectivity index (χ1v) is 11.9. The van der Waals surface area contributed by atoms with Crippen molar-refractivity contribution in [2.45, 2.75) is 38.3 Å². The number of aryl methyl sites for hydroxylation is 1. The molecule has 2 aliphatic heterocycles. The Balaban J connectivity index is 1.27. The van der Waals surface area contributed by atoms with Crippen LogP contribution in [0.1, 0.15) is 29.9 Å². The quantitative estimate of drug-likeness (QED) is 0.404. The van der Waals surface area contributed by atoms with E-state index in [1.54, 1.807) is 18.2 Å². The van der Waals surface area contributed by atoms with Gasteiger partial charge in [0.15, 0.2) is 5.82 Å². The number of fused-ring (bicyclic) bond motifs is 2. The van der Waals surface area contributed by atoms with Gasteiger partial charge in [0.2, 0.25) is 5.95 Å². The second-order valence-electron chi connectivity index (χ2n) is 8.98. The van der Waals surface area contributed by atoms with Crippen LogP contribution in [0.2, 0.25) is 5.02 Å². The highest BCUT2D eigenvalue weighted by atomic mass is 35.5. The minimum Gasteiger partial charge on any atom is -0.370 e. The average Bonchev–Trinajstić information content (AvgIpc) is 2.82. The lowest BCUT2D eigenvalue weighted by Crippen LogP contribution is -2.63. The monoisotopic (exact) mass is 533 g/mol. The summed E-state index contributed by atoms with van der Waals surface area (Å²) in [5, 5.41) is 7.71. The molecule has 2 bridgehead atoms. The maximum absolute atomic E-state index is 13.1. The van der Waals surface area contributed by atoms with Crippen molar-refractivity contribution in [3.63, 3.8) is 0 Å². The largest absolute Gasteiger partial charge is 0.417 e. The minimum absolute atomic E-state index is 0.0109. The molecule has 2 aromatic carbocycles. The molecule has 13 heteroatoms. The summed E-state index contributed by atoms with van der Waals surface area (Å²) in [5.74, 6) is 0.961. The Morgan fingerprint density at radius 1 is 1.11 bits per heavy atom. The number of carbonyl (C=O) groups is 1. The van der Waals surface area contributed by atoms with Crippen LogP contribution in [0, 0.1) is 6.92 Å². The minimum atomic E-state index is -4.64. The molecule has 2 saturated heterocycles. The van der Waals surface area contributed by atoms with Gasteiger partial charge in [-0.25, -0.2) is 14.8 Å². The predicted molar refractivity (Wildman–Crippen MR) is 132 cm³/mol. The fourth-order valence-corrected chi connectivity index (χ4v) is 4.65. The fraction of sp³-hybridized carbons (Fsp3) is 0.333. The Morgan fingerprint density at radius 3 is 2.54 bits per heavy atom. The van der Waals surface area contributed by atoms with Gasteiger partial charge in [-0.15, -0.1) is 0 Å². The van der Waals surface area contributed by atoms with Gasteiger partial charge >= 0.3 is 12.2 Å². The number of halogens is 4. The van der Waals surface area contributed by atoms with Gasteiger partial charge in [-0.05, 0) is 49.7 Å². The van der Waals surface area contributed by atoms with Crippen molar-refractivity contribution in [2.75, 3.05) is 29.0 Å². The van der Waals surface area contributed by atoms with Crippen LogP contribution in [0.4, 0.5) is 41.0 Å². The zero-order chi connectivity index (χ0) is 26.3. The summed E-state index contributed by atoms with van der Waals surface area (Å²) in [6, 6.07) is 7.54. The van der Waals surface area contributed by atoms with Gasteiger partial charge in [-0.1, -0.05) is 17.7 Å². The number of benzene rings is 2. The topological polar surface area (TPSA) is 104 Å². The second-order valence-corrected chi connectivity index (χ2v) is 9.38. The number of ether oxygens (including phenoxy) is 1. The first-order valence-electron chi connectivity index (χ1n) is 11.5. The first-order chi connectivity index (χ1) is 17.6. The Morgan fingerprint density at radius 2 is 1.84 bits per heavy atom. The second kappa shape index (κ2) is 9.77. The first kappa shape index (κ1) is 25.2. The van der Waals surface area contributed by atoms with Gasteiger partial charge in [0.05, 0.1) is 28.8 Å². The summed E-state index contributed by atoms with van der Waals surface area (Å²) in [6.07, 6.45) is -2.97. The number of hydrogen-bond acceptors (Lipinski definition) is 7. The van der Waals surface area contributed by atoms with Crippen LogP contribution in [-0.4, -0.2) is 51.2 Å². The van der Waals surface area contributed by atoms with Crippen LogP contribution in [0.15, 0.2) is 42.7 Å². The molecule has 2 fully saturated rings. The van der Waals surface area contributed by atoms with E-state index >= 15 is 0 Å².